The van der Waals surface area contributed by atoms with Crippen LogP contribution in [0, 0.1) is 0 Å². The van der Waals surface area contributed by atoms with Gasteiger partial charge in [-0.15, -0.1) is 0 Å². The molecule has 0 spiro atoms. The highest BCUT2D eigenvalue weighted by Gasteiger charge is 2.15. The Morgan fingerprint density at radius 2 is 2.14 bits per heavy atom. The van der Waals surface area contributed by atoms with E-state index in [0.717, 1.165) is 12.2 Å². The van der Waals surface area contributed by atoms with Gasteiger partial charge in [0, 0.05) is 18.7 Å². The van der Waals surface area contributed by atoms with E-state index in [9.17, 15) is 14.7 Å². The van der Waals surface area contributed by atoms with Crippen molar-refractivity contribution >= 4 is 34.8 Å². The molecule has 10 heteroatoms. The number of amides is 1. The zero-order valence-corrected chi connectivity index (χ0v) is 12.7. The molecule has 2 aromatic rings. The second-order valence-electron chi connectivity index (χ2n) is 4.66. The highest BCUT2D eigenvalue weighted by atomic mass is 32.2. The quantitative estimate of drug-likeness (QED) is 0.374. The summed E-state index contributed by atoms with van der Waals surface area (Å²) in [6.45, 7) is 0.172. The van der Waals surface area contributed by atoms with Crippen molar-refractivity contribution in [1.29, 1.82) is 0 Å². The Kier molecular flexibility index (Phi) is 5.39. The van der Waals surface area contributed by atoms with Gasteiger partial charge in [0.25, 0.3) is 5.56 Å². The van der Waals surface area contributed by atoms with E-state index in [1.807, 2.05) is 0 Å². The van der Waals surface area contributed by atoms with Gasteiger partial charge in [-0.3, -0.25) is 14.6 Å². The van der Waals surface area contributed by atoms with Crippen LogP contribution in [0.25, 0.3) is 11.2 Å². The van der Waals surface area contributed by atoms with E-state index >= 15 is 0 Å². The number of nitrogen functional groups attached to an aromatic ring is 1. The third-order valence-electron chi connectivity index (χ3n) is 2.96. The number of carbonyl (C=O) groups excluding carboxylic acids is 1. The average molecular weight is 326 g/mol. The number of imidazole rings is 1. The number of fused-ring (bicyclic) bond motifs is 1. The summed E-state index contributed by atoms with van der Waals surface area (Å²) < 4.78 is 1.67. The number of aromatic nitrogens is 4. The molecule has 0 saturated carbocycles. The molecule has 0 aliphatic heterocycles. The molecule has 2 heterocycles. The van der Waals surface area contributed by atoms with E-state index in [0.29, 0.717) is 23.6 Å². The van der Waals surface area contributed by atoms with E-state index in [1.54, 1.807) is 4.57 Å². The van der Waals surface area contributed by atoms with Crippen LogP contribution < -0.4 is 17.0 Å². The highest BCUT2D eigenvalue weighted by molar-refractivity contribution is 7.99. The normalized spacial score (nSPS) is 11.1. The number of aromatic amines is 1. The van der Waals surface area contributed by atoms with Crippen molar-refractivity contribution in [2.24, 2.45) is 5.73 Å². The molecular weight excluding hydrogens is 308 g/mol. The number of nitrogens with two attached hydrogens (primary N) is 2. The number of carbonyl (C=O) groups is 1. The molecular formula is C12H18N6O3S. The Balaban J connectivity index is 2.18. The van der Waals surface area contributed by atoms with Crippen LogP contribution in [-0.2, 0) is 11.3 Å². The van der Waals surface area contributed by atoms with Crippen LogP contribution in [0.5, 0.6) is 0 Å². The number of unbranched alkanes of at least 4 members (excludes halogenated alkanes) is 1. The largest absolute Gasteiger partial charge is 0.395 e. The zero-order chi connectivity index (χ0) is 16.1. The van der Waals surface area contributed by atoms with E-state index in [-0.39, 0.29) is 30.5 Å². The second kappa shape index (κ2) is 7.27. The van der Waals surface area contributed by atoms with Crippen LogP contribution in [0.2, 0.25) is 0 Å². The Morgan fingerprint density at radius 1 is 1.36 bits per heavy atom. The van der Waals surface area contributed by atoms with E-state index < -0.39 is 5.56 Å². The Bertz CT molecular complexity index is 725. The summed E-state index contributed by atoms with van der Waals surface area (Å²) in [5, 5.41) is 9.77. The lowest BCUT2D eigenvalue weighted by Gasteiger charge is -2.06. The predicted molar refractivity (Wildman–Crippen MR) is 83.4 cm³/mol. The first-order valence-electron chi connectivity index (χ1n) is 6.81. The van der Waals surface area contributed by atoms with Gasteiger partial charge in [0.1, 0.15) is 0 Å². The summed E-state index contributed by atoms with van der Waals surface area (Å²) in [5.41, 5.74) is 10.8. The summed E-state index contributed by atoms with van der Waals surface area (Å²) in [6, 6.07) is 0. The van der Waals surface area contributed by atoms with Gasteiger partial charge in [0.15, 0.2) is 16.3 Å². The topological polar surface area (TPSA) is 153 Å². The Hall–Kier alpha value is -2.07. The smallest absolute Gasteiger partial charge is 0.280 e. The lowest BCUT2D eigenvalue weighted by Crippen LogP contribution is -2.12. The number of primary amides is 1. The molecule has 6 N–H and O–H groups in total. The van der Waals surface area contributed by atoms with Gasteiger partial charge in [0.2, 0.25) is 11.9 Å². The van der Waals surface area contributed by atoms with Gasteiger partial charge in [-0.2, -0.15) is 4.98 Å². The number of nitrogens with one attached hydrogen (secondary N) is 1. The predicted octanol–water partition coefficient (Wildman–Crippen LogP) is -0.558. The van der Waals surface area contributed by atoms with Crippen molar-refractivity contribution in [3.05, 3.63) is 10.4 Å². The van der Waals surface area contributed by atoms with Gasteiger partial charge >= 0.3 is 0 Å². The molecule has 1 amide bonds. The number of H-pyrrole nitrogens is 1. The summed E-state index contributed by atoms with van der Waals surface area (Å²) >= 11 is 1.43. The minimum atomic E-state index is -0.408. The summed E-state index contributed by atoms with van der Waals surface area (Å²) in [5.74, 6) is 0.411. The number of aliphatic hydroxyl groups excluding tert-OH is 1. The molecule has 0 saturated heterocycles. The summed E-state index contributed by atoms with van der Waals surface area (Å²) in [6.07, 6.45) is 1.85. The minimum absolute atomic E-state index is 0.00889. The van der Waals surface area contributed by atoms with Gasteiger partial charge in [0.05, 0.1) is 6.61 Å². The molecule has 22 heavy (non-hydrogen) atoms. The molecule has 0 fully saturated rings. The average Bonchev–Trinajstić information content (AvgIpc) is 2.77. The van der Waals surface area contributed by atoms with Gasteiger partial charge < -0.3 is 21.1 Å². The van der Waals surface area contributed by atoms with Crippen LogP contribution in [0.1, 0.15) is 19.3 Å². The molecule has 0 unspecified atom stereocenters. The lowest BCUT2D eigenvalue weighted by atomic mass is 10.2. The van der Waals surface area contributed by atoms with Crippen LogP contribution in [0.4, 0.5) is 5.95 Å². The maximum Gasteiger partial charge on any atom is 0.280 e. The molecule has 0 bridgehead atoms. The van der Waals surface area contributed by atoms with Crippen molar-refractivity contribution in [2.75, 3.05) is 18.1 Å². The first kappa shape index (κ1) is 16.3. The van der Waals surface area contributed by atoms with Crippen molar-refractivity contribution in [3.8, 4) is 0 Å². The number of anilines is 1. The van der Waals surface area contributed by atoms with Gasteiger partial charge in [-0.05, 0) is 12.8 Å². The molecule has 0 aliphatic carbocycles. The second-order valence-corrected chi connectivity index (χ2v) is 5.73. The summed E-state index contributed by atoms with van der Waals surface area (Å²) in [7, 11) is 0. The first-order chi connectivity index (χ1) is 10.5. The zero-order valence-electron chi connectivity index (χ0n) is 11.9. The molecule has 0 radical (unpaired) electrons. The van der Waals surface area contributed by atoms with Crippen molar-refractivity contribution in [3.63, 3.8) is 0 Å². The molecule has 9 nitrogen and oxygen atoms in total. The fourth-order valence-electron chi connectivity index (χ4n) is 1.98. The number of aliphatic hydroxyl groups is 1. The highest BCUT2D eigenvalue weighted by Crippen LogP contribution is 2.22. The third-order valence-corrected chi connectivity index (χ3v) is 4.02. The van der Waals surface area contributed by atoms with Gasteiger partial charge in [-0.25, -0.2) is 4.98 Å². The number of thioether (sulfide) groups is 1. The third kappa shape index (κ3) is 3.77. The monoisotopic (exact) mass is 326 g/mol. The van der Waals surface area contributed by atoms with E-state index in [4.69, 9.17) is 11.5 Å². The van der Waals surface area contributed by atoms with Crippen LogP contribution >= 0.6 is 11.8 Å². The van der Waals surface area contributed by atoms with Gasteiger partial charge in [-0.1, -0.05) is 11.8 Å². The van der Waals surface area contributed by atoms with Crippen LogP contribution in [0.15, 0.2) is 9.95 Å². The molecule has 0 aromatic carbocycles. The van der Waals surface area contributed by atoms with E-state index in [1.165, 1.54) is 11.8 Å². The molecule has 120 valence electrons. The lowest BCUT2D eigenvalue weighted by molar-refractivity contribution is -0.118. The van der Waals surface area contributed by atoms with E-state index in [2.05, 4.69) is 15.0 Å². The Labute approximate surface area is 130 Å². The maximum atomic E-state index is 11.8. The Morgan fingerprint density at radius 3 is 2.82 bits per heavy atom. The SMILES string of the molecule is NC(=O)CCCCSc1nc2c(=O)[nH]c(N)nc2n1CCO. The first-order valence-corrected chi connectivity index (χ1v) is 7.79. The maximum absolute atomic E-state index is 11.8. The number of rotatable bonds is 8. The summed E-state index contributed by atoms with van der Waals surface area (Å²) in [4.78, 5) is 33.3. The molecule has 0 aliphatic rings. The van der Waals surface area contributed by atoms with Crippen LogP contribution in [0.3, 0.4) is 0 Å². The molecule has 0 atom stereocenters. The van der Waals surface area contributed by atoms with Crippen molar-refractivity contribution in [1.82, 2.24) is 19.5 Å². The van der Waals surface area contributed by atoms with Crippen molar-refractivity contribution in [2.45, 2.75) is 31.0 Å². The van der Waals surface area contributed by atoms with Crippen LogP contribution in [-0.4, -0.2) is 42.9 Å². The van der Waals surface area contributed by atoms with Crippen molar-refractivity contribution < 1.29 is 9.90 Å². The number of hydrogen-bond acceptors (Lipinski definition) is 7. The fraction of sp³-hybridized carbons (Fsp3) is 0.500. The minimum Gasteiger partial charge on any atom is -0.395 e. The molecule has 2 rings (SSSR count). The fourth-order valence-corrected chi connectivity index (χ4v) is 3.00. The number of nitrogens with zero attached hydrogens (tertiary/aromatic N) is 3. The molecule has 2 aromatic heterocycles. The number of hydrogen-bond donors (Lipinski definition) is 4. The standard InChI is InChI=1S/C12H18N6O3S/c13-7(20)3-1-2-6-22-12-15-8-9(18(12)4-5-19)16-11(14)17-10(8)21/h19H,1-6H2,(H2,13,20)(H3,14,16,17,21).